The molecule has 2 fully saturated rings. The van der Waals surface area contributed by atoms with Crippen molar-refractivity contribution in [3.63, 3.8) is 0 Å². The average Bonchev–Trinajstić information content (AvgIpc) is 3.26. The number of nitrogens with one attached hydrogen (secondary N) is 1. The minimum absolute atomic E-state index is 0.0407. The van der Waals surface area contributed by atoms with Crippen molar-refractivity contribution in [1.29, 1.82) is 0 Å². The van der Waals surface area contributed by atoms with Crippen molar-refractivity contribution in [2.75, 3.05) is 70.5 Å². The van der Waals surface area contributed by atoms with Crippen LogP contribution in [0.3, 0.4) is 0 Å². The monoisotopic (exact) mass is 764 g/mol. The summed E-state index contributed by atoms with van der Waals surface area (Å²) in [7, 11) is -2.95. The molecular formula is C43H61ClN4O4S. The number of hydrogen-bond donors (Lipinski definition) is 1. The molecule has 10 heteroatoms. The third-order valence-electron chi connectivity index (χ3n) is 13.3. The molecule has 2 aliphatic carbocycles. The smallest absolute Gasteiger partial charge is 0.262 e. The maximum atomic E-state index is 14.1. The van der Waals surface area contributed by atoms with Gasteiger partial charge in [0.1, 0.15) is 11.4 Å². The average molecular weight is 766 g/mol. The van der Waals surface area contributed by atoms with Crippen LogP contribution in [0, 0.1) is 17.8 Å². The van der Waals surface area contributed by atoms with Crippen LogP contribution in [-0.2, 0) is 26.3 Å². The Bertz CT molecular complexity index is 1780. The molecule has 7 atom stereocenters. The van der Waals surface area contributed by atoms with Crippen molar-refractivity contribution in [1.82, 2.24) is 14.5 Å². The van der Waals surface area contributed by atoms with E-state index in [9.17, 15) is 9.00 Å². The third kappa shape index (κ3) is 7.93. The summed E-state index contributed by atoms with van der Waals surface area (Å²) in [5.74, 6) is 5.28. The summed E-state index contributed by atoms with van der Waals surface area (Å²) in [5.41, 5.74) is 3.37. The second-order valence-electron chi connectivity index (χ2n) is 16.7. The Morgan fingerprint density at radius 1 is 1.08 bits per heavy atom. The highest BCUT2D eigenvalue weighted by Crippen LogP contribution is 2.49. The minimum atomic E-state index is -2.95. The molecule has 0 radical (unpaired) electrons. The van der Waals surface area contributed by atoms with E-state index in [1.54, 1.807) is 6.07 Å². The molecule has 1 amide bonds. The first kappa shape index (κ1) is 38.7. The number of amides is 1. The summed E-state index contributed by atoms with van der Waals surface area (Å²) in [6.45, 7) is 17.6. The number of piperazine rings is 1. The van der Waals surface area contributed by atoms with E-state index in [2.05, 4.69) is 70.3 Å². The number of ether oxygens (including phenoxy) is 2. The molecular weight excluding hydrogens is 704 g/mol. The van der Waals surface area contributed by atoms with Crippen LogP contribution in [0.15, 0.2) is 48.6 Å². The predicted octanol–water partition coefficient (Wildman–Crippen LogP) is 6.99. The van der Waals surface area contributed by atoms with Crippen molar-refractivity contribution in [2.45, 2.75) is 88.9 Å². The molecule has 8 nitrogen and oxygen atoms in total. The molecule has 5 aliphatic rings. The number of aryl methyl sites for hydroxylation is 1. The summed E-state index contributed by atoms with van der Waals surface area (Å²) < 4.78 is 30.7. The first-order valence-corrected chi connectivity index (χ1v) is 22.4. The van der Waals surface area contributed by atoms with E-state index >= 15 is 0 Å². The highest BCUT2D eigenvalue weighted by molar-refractivity contribution is 7.99. The molecule has 1 N–H and O–H groups in total. The molecule has 0 aromatic heterocycles. The van der Waals surface area contributed by atoms with Crippen LogP contribution < -0.4 is 14.4 Å². The molecule has 3 heterocycles. The second kappa shape index (κ2) is 15.9. The van der Waals surface area contributed by atoms with Crippen LogP contribution in [-0.4, -0.2) is 102 Å². The molecule has 3 aliphatic heterocycles. The molecule has 53 heavy (non-hydrogen) atoms. The van der Waals surface area contributed by atoms with Gasteiger partial charge in [0.2, 0.25) is 0 Å². The van der Waals surface area contributed by atoms with Crippen LogP contribution >= 0.6 is 11.6 Å². The number of benzene rings is 2. The van der Waals surface area contributed by atoms with Gasteiger partial charge >= 0.3 is 0 Å². The van der Waals surface area contributed by atoms with Crippen molar-refractivity contribution in [3.8, 4) is 5.75 Å². The molecule has 1 spiro atoms. The summed E-state index contributed by atoms with van der Waals surface area (Å²) in [6, 6.07) is 12.1. The number of nitrogens with zero attached hydrogens (tertiary/aromatic N) is 3. The lowest BCUT2D eigenvalue weighted by Crippen LogP contribution is -2.59. The lowest BCUT2D eigenvalue weighted by molar-refractivity contribution is -0.112. The number of hydrogen-bond acceptors (Lipinski definition) is 7. The van der Waals surface area contributed by atoms with Gasteiger partial charge in [-0.05, 0) is 130 Å². The quantitative estimate of drug-likeness (QED) is 0.251. The molecule has 1 unspecified atom stereocenters. The van der Waals surface area contributed by atoms with Crippen LogP contribution in [0.25, 0.3) is 0 Å². The first-order chi connectivity index (χ1) is 25.5. The van der Waals surface area contributed by atoms with Gasteiger partial charge in [-0.3, -0.25) is 14.4 Å². The Morgan fingerprint density at radius 2 is 1.87 bits per heavy atom. The fourth-order valence-corrected chi connectivity index (χ4v) is 11.6. The summed E-state index contributed by atoms with van der Waals surface area (Å²) >= 11 is 6.53. The molecule has 1 saturated carbocycles. The molecule has 2 aromatic carbocycles. The van der Waals surface area contributed by atoms with Gasteiger partial charge in [0, 0.05) is 73.7 Å². The Labute approximate surface area is 323 Å². The summed E-state index contributed by atoms with van der Waals surface area (Å²) in [6.07, 6.45) is 11.9. The van der Waals surface area contributed by atoms with Gasteiger partial charge in [0.25, 0.3) is 5.91 Å². The Morgan fingerprint density at radius 3 is 2.60 bits per heavy atom. The maximum Gasteiger partial charge on any atom is 0.262 e. The fraction of sp³-hybridized carbons (Fsp3) is 0.628. The largest absolute Gasteiger partial charge is 0.490 e. The zero-order valence-electron chi connectivity index (χ0n) is 32.4. The normalized spacial score (nSPS) is 34.6. The van der Waals surface area contributed by atoms with Crippen molar-refractivity contribution >= 4 is 38.8 Å². The van der Waals surface area contributed by atoms with Crippen molar-refractivity contribution < 1.29 is 18.5 Å². The fourth-order valence-electron chi connectivity index (χ4n) is 9.93. The van der Waals surface area contributed by atoms with E-state index < -0.39 is 15.3 Å². The van der Waals surface area contributed by atoms with Gasteiger partial charge in [-0.1, -0.05) is 43.7 Å². The SMILES string of the molecule is C=S1(=O)NC(=O)c2ccc3c(c2)N(C[C@@H]2CC[C@H]2[C@](CN2CCN(CCC)CC2)(OCC)/C=C/C[C@H](C)[C@H]1C)C[C@@]1(CCCc2cc(Cl)ccc21)CO3. The van der Waals surface area contributed by atoms with E-state index in [0.717, 1.165) is 107 Å². The first-order valence-electron chi connectivity index (χ1n) is 20.2. The van der Waals surface area contributed by atoms with Crippen molar-refractivity contribution in [2.24, 2.45) is 17.8 Å². The van der Waals surface area contributed by atoms with Gasteiger partial charge in [-0.2, -0.15) is 0 Å². The van der Waals surface area contributed by atoms with E-state index in [1.165, 1.54) is 17.5 Å². The molecule has 2 aromatic rings. The predicted molar refractivity (Wildman–Crippen MR) is 219 cm³/mol. The van der Waals surface area contributed by atoms with Crippen LogP contribution in [0.1, 0.15) is 87.7 Å². The number of carbonyl (C=O) groups is 1. The number of rotatable bonds is 6. The van der Waals surface area contributed by atoms with Crippen LogP contribution in [0.4, 0.5) is 5.69 Å². The summed E-state index contributed by atoms with van der Waals surface area (Å²) in [4.78, 5) is 21.6. The van der Waals surface area contributed by atoms with Crippen molar-refractivity contribution in [3.05, 3.63) is 70.3 Å². The standard InChI is InChI=1S/C43H61ClN4O4S/c1-6-20-46-21-23-47(24-22-46)29-43(52-7-2)19-8-10-31(3)32(4)53(5,50)45-41(49)34-13-17-40-39(26-34)48(27-35-12-15-38(35)43)28-42(30-51-40)18-9-11-33-25-36(44)14-16-37(33)42/h8,13-14,16-17,19,25-26,31-32,35,38H,5-7,9-12,15,18,20-24,27-30H2,1-4H3,(H,45,49,50)/b19-8+/t31-,32+,35-,38+,42-,43-,53?/m0/s1. The Hall–Kier alpha value is -2.56. The number of halogens is 1. The van der Waals surface area contributed by atoms with Crippen LogP contribution in [0.2, 0.25) is 5.02 Å². The molecule has 2 bridgehead atoms. The number of allylic oxidation sites excluding steroid dienone is 1. The Kier molecular flexibility index (Phi) is 11.6. The van der Waals surface area contributed by atoms with Gasteiger partial charge < -0.3 is 19.3 Å². The van der Waals surface area contributed by atoms with Gasteiger partial charge in [-0.25, -0.2) is 4.21 Å². The van der Waals surface area contributed by atoms with E-state index in [-0.39, 0.29) is 22.5 Å². The minimum Gasteiger partial charge on any atom is -0.490 e. The Balaban J connectivity index is 1.30. The van der Waals surface area contributed by atoms with Gasteiger partial charge in [-0.15, -0.1) is 0 Å². The summed E-state index contributed by atoms with van der Waals surface area (Å²) in [5, 5.41) is 0.448. The van der Waals surface area contributed by atoms with Crippen LogP contribution in [0.5, 0.6) is 5.75 Å². The highest BCUT2D eigenvalue weighted by Gasteiger charge is 2.50. The van der Waals surface area contributed by atoms with E-state index in [1.807, 2.05) is 25.1 Å². The third-order valence-corrected chi connectivity index (χ3v) is 15.7. The van der Waals surface area contributed by atoms with Gasteiger partial charge in [0.15, 0.2) is 0 Å². The van der Waals surface area contributed by atoms with E-state index in [4.69, 9.17) is 21.1 Å². The van der Waals surface area contributed by atoms with E-state index in [0.29, 0.717) is 30.6 Å². The number of carbonyl (C=O) groups excluding carboxylic acids is 1. The molecule has 290 valence electrons. The molecule has 1 saturated heterocycles. The number of anilines is 1. The lowest BCUT2D eigenvalue weighted by Gasteiger charge is -2.52. The molecule has 7 rings (SSSR count). The highest BCUT2D eigenvalue weighted by atomic mass is 35.5. The zero-order chi connectivity index (χ0) is 37.4. The lowest BCUT2D eigenvalue weighted by atomic mass is 9.63. The second-order valence-corrected chi connectivity index (χ2v) is 19.6. The van der Waals surface area contributed by atoms with Gasteiger partial charge in [0.05, 0.1) is 22.0 Å². The zero-order valence-corrected chi connectivity index (χ0v) is 34.0. The maximum absolute atomic E-state index is 14.1. The number of fused-ring (bicyclic) bond motifs is 4. The topological polar surface area (TPSA) is 74.4 Å².